The number of aliphatic carboxylic acids is 1. The summed E-state index contributed by atoms with van der Waals surface area (Å²) in [5, 5.41) is 13.9. The molecule has 0 amide bonds. The SMILES string of the molecule is O=C(O)[C@@H]1CS[C@H](c2ccc(Sc3cccc4cccnc34)o2)N1. The van der Waals surface area contributed by atoms with Gasteiger partial charge in [0.1, 0.15) is 17.2 Å². The van der Waals surface area contributed by atoms with Crippen molar-refractivity contribution in [2.45, 2.75) is 21.4 Å². The first-order valence-electron chi connectivity index (χ1n) is 7.42. The molecule has 0 spiro atoms. The second-order valence-electron chi connectivity index (χ2n) is 5.36. The Labute approximate surface area is 146 Å². The number of carboxylic acid groups (broad SMARTS) is 1. The normalized spacial score (nSPS) is 20.5. The Bertz CT molecular complexity index is 891. The molecule has 2 N–H and O–H groups in total. The Kier molecular flexibility index (Phi) is 4.22. The quantitative estimate of drug-likeness (QED) is 0.735. The Morgan fingerprint density at radius 3 is 3.00 bits per heavy atom. The fourth-order valence-corrected chi connectivity index (χ4v) is 4.66. The number of rotatable bonds is 4. The number of nitrogens with one attached hydrogen (secondary N) is 1. The smallest absolute Gasteiger partial charge is 0.321 e. The standard InChI is InChI=1S/C17H14N2O3S2/c20-17(21)11-9-23-16(19-11)12-6-7-14(22-12)24-13-5-1-3-10-4-2-8-18-15(10)13/h1-8,11,16,19H,9H2,(H,20,21)/t11-,16+/m0/s1. The van der Waals surface area contributed by atoms with Crippen molar-refractivity contribution < 1.29 is 14.3 Å². The highest BCUT2D eigenvalue weighted by Crippen LogP contribution is 2.38. The molecule has 24 heavy (non-hydrogen) atoms. The molecule has 0 aliphatic carbocycles. The molecule has 0 unspecified atom stereocenters. The monoisotopic (exact) mass is 358 g/mol. The highest BCUT2D eigenvalue weighted by molar-refractivity contribution is 8.00. The van der Waals surface area contributed by atoms with Gasteiger partial charge in [-0.15, -0.1) is 11.8 Å². The number of thioether (sulfide) groups is 1. The first kappa shape index (κ1) is 15.6. The summed E-state index contributed by atoms with van der Waals surface area (Å²) in [7, 11) is 0. The van der Waals surface area contributed by atoms with Gasteiger partial charge in [0, 0.05) is 22.2 Å². The van der Waals surface area contributed by atoms with Crippen LogP contribution in [0.1, 0.15) is 11.1 Å². The van der Waals surface area contributed by atoms with Crippen LogP contribution in [0.4, 0.5) is 0 Å². The molecule has 1 aliphatic heterocycles. The van der Waals surface area contributed by atoms with E-state index in [9.17, 15) is 4.79 Å². The number of hydrogen-bond donors (Lipinski definition) is 2. The molecule has 7 heteroatoms. The highest BCUT2D eigenvalue weighted by Gasteiger charge is 2.32. The number of furan rings is 1. The first-order chi connectivity index (χ1) is 11.7. The average molecular weight is 358 g/mol. The zero-order valence-corrected chi connectivity index (χ0v) is 14.1. The summed E-state index contributed by atoms with van der Waals surface area (Å²) in [5.41, 5.74) is 0.947. The van der Waals surface area contributed by atoms with Crippen molar-refractivity contribution in [3.63, 3.8) is 0 Å². The summed E-state index contributed by atoms with van der Waals surface area (Å²) in [4.78, 5) is 16.5. The first-order valence-corrected chi connectivity index (χ1v) is 9.29. The maximum Gasteiger partial charge on any atom is 0.321 e. The number of fused-ring (bicyclic) bond motifs is 1. The molecule has 0 radical (unpaired) electrons. The largest absolute Gasteiger partial charge is 0.480 e. The zero-order chi connectivity index (χ0) is 16.5. The van der Waals surface area contributed by atoms with E-state index >= 15 is 0 Å². The topological polar surface area (TPSA) is 75.4 Å². The van der Waals surface area contributed by atoms with E-state index in [1.54, 1.807) is 18.0 Å². The number of benzene rings is 1. The number of nitrogens with zero attached hydrogens (tertiary/aromatic N) is 1. The molecule has 2 aromatic heterocycles. The molecule has 122 valence electrons. The van der Waals surface area contributed by atoms with Crippen molar-refractivity contribution in [1.82, 2.24) is 10.3 Å². The van der Waals surface area contributed by atoms with Crippen LogP contribution in [0.2, 0.25) is 0 Å². The van der Waals surface area contributed by atoms with E-state index in [2.05, 4.69) is 10.3 Å². The fourth-order valence-electron chi connectivity index (χ4n) is 2.58. The lowest BCUT2D eigenvalue weighted by molar-refractivity contribution is -0.138. The van der Waals surface area contributed by atoms with Gasteiger partial charge in [0.2, 0.25) is 0 Å². The van der Waals surface area contributed by atoms with Crippen LogP contribution in [0.3, 0.4) is 0 Å². The molecule has 3 aromatic rings. The van der Waals surface area contributed by atoms with Gasteiger partial charge in [-0.25, -0.2) is 0 Å². The predicted molar refractivity (Wildman–Crippen MR) is 94.3 cm³/mol. The van der Waals surface area contributed by atoms with Crippen LogP contribution in [0.25, 0.3) is 10.9 Å². The summed E-state index contributed by atoms with van der Waals surface area (Å²) in [6.07, 6.45) is 1.78. The third kappa shape index (κ3) is 3.02. The maximum atomic E-state index is 11.0. The van der Waals surface area contributed by atoms with Gasteiger partial charge in [0.15, 0.2) is 5.09 Å². The Morgan fingerprint density at radius 2 is 2.17 bits per heavy atom. The van der Waals surface area contributed by atoms with Crippen LogP contribution in [-0.4, -0.2) is 27.9 Å². The Morgan fingerprint density at radius 1 is 1.29 bits per heavy atom. The number of carboxylic acids is 1. The van der Waals surface area contributed by atoms with Crippen LogP contribution >= 0.6 is 23.5 Å². The van der Waals surface area contributed by atoms with Gasteiger partial charge in [-0.2, -0.15) is 0 Å². The van der Waals surface area contributed by atoms with Crippen molar-refractivity contribution >= 4 is 40.4 Å². The number of aromatic nitrogens is 1. The van der Waals surface area contributed by atoms with Crippen molar-refractivity contribution in [3.8, 4) is 0 Å². The van der Waals surface area contributed by atoms with Gasteiger partial charge >= 0.3 is 5.97 Å². The van der Waals surface area contributed by atoms with Crippen molar-refractivity contribution in [2.75, 3.05) is 5.75 Å². The summed E-state index contributed by atoms with van der Waals surface area (Å²) in [5.74, 6) is 0.462. The van der Waals surface area contributed by atoms with Crippen LogP contribution in [0.15, 0.2) is 63.1 Å². The van der Waals surface area contributed by atoms with Crippen molar-refractivity contribution in [3.05, 3.63) is 54.4 Å². The minimum Gasteiger partial charge on any atom is -0.480 e. The average Bonchev–Trinajstić information content (AvgIpc) is 3.24. The van der Waals surface area contributed by atoms with Crippen LogP contribution in [0, 0.1) is 0 Å². The molecule has 0 bridgehead atoms. The molecular weight excluding hydrogens is 344 g/mol. The van der Waals surface area contributed by atoms with Gasteiger partial charge < -0.3 is 9.52 Å². The zero-order valence-electron chi connectivity index (χ0n) is 12.5. The third-order valence-corrected chi connectivity index (χ3v) is 5.94. The molecule has 3 heterocycles. The molecule has 4 rings (SSSR count). The molecule has 5 nitrogen and oxygen atoms in total. The van der Waals surface area contributed by atoms with E-state index in [0.717, 1.165) is 26.7 Å². The Hall–Kier alpha value is -1.96. The second kappa shape index (κ2) is 6.51. The highest BCUT2D eigenvalue weighted by atomic mass is 32.2. The minimum absolute atomic E-state index is 0.119. The lowest BCUT2D eigenvalue weighted by Crippen LogP contribution is -2.33. The molecular formula is C17H14N2O3S2. The molecule has 1 aromatic carbocycles. The van der Waals surface area contributed by atoms with E-state index in [-0.39, 0.29) is 5.37 Å². The summed E-state index contributed by atoms with van der Waals surface area (Å²) in [6, 6.07) is 13.3. The van der Waals surface area contributed by atoms with E-state index in [0.29, 0.717) is 5.75 Å². The summed E-state index contributed by atoms with van der Waals surface area (Å²) in [6.45, 7) is 0. The van der Waals surface area contributed by atoms with Gasteiger partial charge in [0.25, 0.3) is 0 Å². The predicted octanol–water partition coefficient (Wildman–Crippen LogP) is 3.77. The van der Waals surface area contributed by atoms with Crippen molar-refractivity contribution in [2.24, 2.45) is 0 Å². The maximum absolute atomic E-state index is 11.0. The van der Waals surface area contributed by atoms with E-state index in [1.165, 1.54) is 11.8 Å². The van der Waals surface area contributed by atoms with E-state index < -0.39 is 12.0 Å². The second-order valence-corrected chi connectivity index (χ2v) is 7.55. The lowest BCUT2D eigenvalue weighted by atomic mass is 10.2. The number of para-hydroxylation sites is 1. The molecule has 1 saturated heterocycles. The number of carbonyl (C=O) groups is 1. The third-order valence-electron chi connectivity index (χ3n) is 3.75. The summed E-state index contributed by atoms with van der Waals surface area (Å²) >= 11 is 3.07. The van der Waals surface area contributed by atoms with Gasteiger partial charge in [-0.05, 0) is 36.0 Å². The van der Waals surface area contributed by atoms with E-state index in [1.807, 2.05) is 42.5 Å². The van der Waals surface area contributed by atoms with Crippen LogP contribution in [-0.2, 0) is 4.79 Å². The molecule has 2 atom stereocenters. The van der Waals surface area contributed by atoms with Gasteiger partial charge in [-0.1, -0.05) is 18.2 Å². The molecule has 1 aliphatic rings. The molecule has 1 fully saturated rings. The lowest BCUT2D eigenvalue weighted by Gasteiger charge is -2.07. The van der Waals surface area contributed by atoms with Crippen LogP contribution in [0.5, 0.6) is 0 Å². The summed E-state index contributed by atoms with van der Waals surface area (Å²) < 4.78 is 5.91. The Balaban J connectivity index is 1.54. The number of hydrogen-bond acceptors (Lipinski definition) is 6. The van der Waals surface area contributed by atoms with E-state index in [4.69, 9.17) is 9.52 Å². The molecule has 0 saturated carbocycles. The number of pyridine rings is 1. The van der Waals surface area contributed by atoms with Gasteiger partial charge in [-0.3, -0.25) is 15.1 Å². The fraction of sp³-hybridized carbons (Fsp3) is 0.176. The van der Waals surface area contributed by atoms with Crippen molar-refractivity contribution in [1.29, 1.82) is 0 Å². The minimum atomic E-state index is -0.826. The van der Waals surface area contributed by atoms with Gasteiger partial charge in [0.05, 0.1) is 5.52 Å². The van der Waals surface area contributed by atoms with Crippen LogP contribution < -0.4 is 5.32 Å².